The molecule has 1 fully saturated rings. The second-order valence-electron chi connectivity index (χ2n) is 18.9. The van der Waals surface area contributed by atoms with Crippen LogP contribution in [0.25, 0.3) is 0 Å². The predicted molar refractivity (Wildman–Crippen MR) is 249 cm³/mol. The van der Waals surface area contributed by atoms with E-state index in [2.05, 4.69) is 19.2 Å². The molecule has 8 atom stereocenters. The van der Waals surface area contributed by atoms with Crippen LogP contribution in [0.1, 0.15) is 264 Å². The number of hydrogen-bond donors (Lipinski definition) is 7. The van der Waals surface area contributed by atoms with Crippen LogP contribution in [-0.2, 0) is 9.53 Å². The number of ether oxygens (including phenoxy) is 1. The number of hydrogen-bond acceptors (Lipinski definition) is 8. The summed E-state index contributed by atoms with van der Waals surface area (Å²) in [6, 6.07) is -0.762. The third kappa shape index (κ3) is 30.3. The molecular formula is C51H101NO8. The highest BCUT2D eigenvalue weighted by molar-refractivity contribution is 5.76. The number of aliphatic hydroxyl groups excluding tert-OH is 6. The Bertz CT molecular complexity index is 924. The maximum atomic E-state index is 13.1. The van der Waals surface area contributed by atoms with Gasteiger partial charge in [-0.2, -0.15) is 0 Å². The molecule has 1 saturated heterocycles. The Labute approximate surface area is 370 Å². The van der Waals surface area contributed by atoms with Gasteiger partial charge in [-0.05, 0) is 25.7 Å². The van der Waals surface area contributed by atoms with E-state index in [9.17, 15) is 35.4 Å². The highest BCUT2D eigenvalue weighted by Gasteiger charge is 2.43. The summed E-state index contributed by atoms with van der Waals surface area (Å²) in [5, 5.41) is 65.8. The SMILES string of the molecule is CCCCCCCCCCCCCCCCCCCCCCCCCC(=O)N[C@@H](CC[C@@H]1O[C@H](CO)[C@H](O)[C@H](O)[C@H]1O)[C@H](O)[C@H](O)CCCCCCCCCCCCCC. The van der Waals surface area contributed by atoms with Gasteiger partial charge in [-0.1, -0.05) is 232 Å². The first-order chi connectivity index (χ1) is 29.3. The molecule has 0 bridgehead atoms. The van der Waals surface area contributed by atoms with Crippen LogP contribution in [0.5, 0.6) is 0 Å². The monoisotopic (exact) mass is 856 g/mol. The molecular weight excluding hydrogens is 755 g/mol. The summed E-state index contributed by atoms with van der Waals surface area (Å²) >= 11 is 0. The van der Waals surface area contributed by atoms with Crippen molar-refractivity contribution in [3.05, 3.63) is 0 Å². The molecule has 358 valence electrons. The van der Waals surface area contributed by atoms with Crippen molar-refractivity contribution in [2.75, 3.05) is 6.61 Å². The van der Waals surface area contributed by atoms with Crippen LogP contribution < -0.4 is 5.32 Å². The second-order valence-corrected chi connectivity index (χ2v) is 18.9. The predicted octanol–water partition coefficient (Wildman–Crippen LogP) is 11.3. The van der Waals surface area contributed by atoms with Gasteiger partial charge in [0.05, 0.1) is 31.0 Å². The van der Waals surface area contributed by atoms with E-state index in [4.69, 9.17) is 4.74 Å². The van der Waals surface area contributed by atoms with Gasteiger partial charge in [-0.25, -0.2) is 0 Å². The summed E-state index contributed by atoms with van der Waals surface area (Å²) in [5.74, 6) is -0.172. The molecule has 0 spiro atoms. The number of carbonyl (C=O) groups is 1. The molecule has 1 aliphatic rings. The summed E-state index contributed by atoms with van der Waals surface area (Å²) in [6.45, 7) is 4.02. The fraction of sp³-hybridized carbons (Fsp3) is 0.980. The molecule has 7 N–H and O–H groups in total. The first-order valence-electron chi connectivity index (χ1n) is 26.2. The van der Waals surface area contributed by atoms with Crippen molar-refractivity contribution in [1.82, 2.24) is 5.32 Å². The first-order valence-corrected chi connectivity index (χ1v) is 26.2. The number of amides is 1. The van der Waals surface area contributed by atoms with E-state index in [0.717, 1.165) is 38.5 Å². The smallest absolute Gasteiger partial charge is 0.220 e. The summed E-state index contributed by atoms with van der Waals surface area (Å²) in [7, 11) is 0. The van der Waals surface area contributed by atoms with Gasteiger partial charge in [-0.3, -0.25) is 4.79 Å². The molecule has 0 aromatic heterocycles. The molecule has 1 amide bonds. The van der Waals surface area contributed by atoms with E-state index in [0.29, 0.717) is 12.8 Å². The van der Waals surface area contributed by atoms with Crippen molar-refractivity contribution < 1.29 is 40.2 Å². The normalized spacial score (nSPS) is 21.0. The van der Waals surface area contributed by atoms with Crippen molar-refractivity contribution in [1.29, 1.82) is 0 Å². The van der Waals surface area contributed by atoms with Crippen molar-refractivity contribution >= 4 is 5.91 Å². The fourth-order valence-electron chi connectivity index (χ4n) is 9.07. The van der Waals surface area contributed by atoms with Crippen molar-refractivity contribution in [3.63, 3.8) is 0 Å². The Morgan fingerprint density at radius 3 is 1.17 bits per heavy atom. The van der Waals surface area contributed by atoms with Gasteiger partial charge in [0.25, 0.3) is 0 Å². The van der Waals surface area contributed by atoms with Gasteiger partial charge in [0.2, 0.25) is 5.91 Å². The Hall–Kier alpha value is -0.810. The zero-order valence-corrected chi connectivity index (χ0v) is 39.4. The Morgan fingerprint density at radius 2 is 0.800 bits per heavy atom. The maximum absolute atomic E-state index is 13.1. The van der Waals surface area contributed by atoms with Crippen LogP contribution in [-0.4, -0.2) is 91.9 Å². The molecule has 0 saturated carbocycles. The molecule has 9 heteroatoms. The third-order valence-corrected chi connectivity index (χ3v) is 13.3. The molecule has 0 aromatic rings. The van der Waals surface area contributed by atoms with E-state index in [1.807, 2.05) is 0 Å². The zero-order valence-electron chi connectivity index (χ0n) is 39.4. The lowest BCUT2D eigenvalue weighted by Crippen LogP contribution is -2.59. The number of aliphatic hydroxyl groups is 6. The van der Waals surface area contributed by atoms with E-state index in [1.165, 1.54) is 186 Å². The second kappa shape index (κ2) is 40.9. The van der Waals surface area contributed by atoms with Gasteiger partial charge in [0.15, 0.2) is 0 Å². The highest BCUT2D eigenvalue weighted by atomic mass is 16.5. The summed E-state index contributed by atoms with van der Waals surface area (Å²) in [6.07, 6.45) is 37.6. The van der Waals surface area contributed by atoms with Crippen LogP contribution in [0.4, 0.5) is 0 Å². The van der Waals surface area contributed by atoms with Gasteiger partial charge < -0.3 is 40.7 Å². The van der Waals surface area contributed by atoms with Crippen molar-refractivity contribution in [3.8, 4) is 0 Å². The van der Waals surface area contributed by atoms with Gasteiger partial charge in [-0.15, -0.1) is 0 Å². The Morgan fingerprint density at radius 1 is 0.467 bits per heavy atom. The molecule has 9 nitrogen and oxygen atoms in total. The molecule has 1 heterocycles. The van der Waals surface area contributed by atoms with Gasteiger partial charge >= 0.3 is 0 Å². The third-order valence-electron chi connectivity index (χ3n) is 13.3. The minimum absolute atomic E-state index is 0.161. The molecule has 60 heavy (non-hydrogen) atoms. The summed E-state index contributed by atoms with van der Waals surface area (Å²) in [4.78, 5) is 13.1. The van der Waals surface area contributed by atoms with Gasteiger partial charge in [0.1, 0.15) is 24.4 Å². The van der Waals surface area contributed by atoms with Crippen LogP contribution in [0.2, 0.25) is 0 Å². The molecule has 0 unspecified atom stereocenters. The average molecular weight is 856 g/mol. The number of unbranched alkanes of at least 4 members (excludes halogenated alkanes) is 33. The Kier molecular flexibility index (Phi) is 39.0. The lowest BCUT2D eigenvalue weighted by Gasteiger charge is -2.40. The lowest BCUT2D eigenvalue weighted by atomic mass is 9.90. The number of carbonyl (C=O) groups excluding carboxylic acids is 1. The lowest BCUT2D eigenvalue weighted by molar-refractivity contribution is -0.231. The first kappa shape index (κ1) is 57.2. The van der Waals surface area contributed by atoms with Crippen LogP contribution >= 0.6 is 0 Å². The number of rotatable bonds is 44. The minimum Gasteiger partial charge on any atom is -0.394 e. The topological polar surface area (TPSA) is 160 Å². The van der Waals surface area contributed by atoms with E-state index in [1.54, 1.807) is 0 Å². The standard InChI is InChI=1S/C51H101NO8/c1-3-5-7-9-11-13-15-17-18-19-20-21-22-23-24-25-26-27-29-31-33-35-37-39-47(55)52-43(40-41-45-49(57)51(59)50(58)46(42-53)60-45)48(56)44(54)38-36-34-32-30-28-16-14-12-10-8-6-4-2/h43-46,48-51,53-54,56-59H,3-42H2,1-2H3,(H,52,55)/t43-,44+,45-,46+,48-,49-,50-,51+/m0/s1. The molecule has 1 aliphatic heterocycles. The van der Waals surface area contributed by atoms with E-state index < -0.39 is 55.4 Å². The van der Waals surface area contributed by atoms with Gasteiger partial charge in [0, 0.05) is 6.42 Å². The van der Waals surface area contributed by atoms with E-state index >= 15 is 0 Å². The molecule has 1 rings (SSSR count). The highest BCUT2D eigenvalue weighted by Crippen LogP contribution is 2.26. The number of nitrogens with one attached hydrogen (secondary N) is 1. The maximum Gasteiger partial charge on any atom is 0.220 e. The average Bonchev–Trinajstić information content (AvgIpc) is 3.25. The van der Waals surface area contributed by atoms with E-state index in [-0.39, 0.29) is 18.7 Å². The zero-order chi connectivity index (χ0) is 43.9. The Balaban J connectivity index is 2.26. The molecule has 0 radical (unpaired) electrons. The van der Waals surface area contributed by atoms with Crippen molar-refractivity contribution in [2.45, 2.75) is 313 Å². The largest absolute Gasteiger partial charge is 0.394 e. The fourth-order valence-corrected chi connectivity index (χ4v) is 9.07. The minimum atomic E-state index is -1.48. The van der Waals surface area contributed by atoms with Crippen LogP contribution in [0.15, 0.2) is 0 Å². The summed E-state index contributed by atoms with van der Waals surface area (Å²) in [5.41, 5.74) is 0. The van der Waals surface area contributed by atoms with Crippen LogP contribution in [0, 0.1) is 0 Å². The summed E-state index contributed by atoms with van der Waals surface area (Å²) < 4.78 is 5.69. The van der Waals surface area contributed by atoms with Crippen LogP contribution in [0.3, 0.4) is 0 Å². The molecule has 0 aromatic carbocycles. The quantitative estimate of drug-likeness (QED) is 0.0298. The molecule has 0 aliphatic carbocycles. The van der Waals surface area contributed by atoms with Crippen molar-refractivity contribution in [2.24, 2.45) is 0 Å².